The highest BCUT2D eigenvalue weighted by molar-refractivity contribution is 5.94. The first-order valence-electron chi connectivity index (χ1n) is 10.2. The van der Waals surface area contributed by atoms with Crippen molar-refractivity contribution >= 4 is 22.8 Å². The number of hydrogen-bond acceptors (Lipinski definition) is 3. The highest BCUT2D eigenvalue weighted by Gasteiger charge is 2.06. The number of H-pyrrole nitrogens is 1. The standard InChI is InChI=1S/C23H29N5O2/c1-3-24-23(26-12-11-18-16-28-21-10-5-4-9-20(18)21)27-14-13-25-22(29)17-7-6-8-19(15-17)30-2/h4-10,15-16,28H,3,11-14H2,1-2H3,(H,25,29)(H2,24,26,27). The van der Waals surface area contributed by atoms with Gasteiger partial charge in [0.05, 0.1) is 7.11 Å². The summed E-state index contributed by atoms with van der Waals surface area (Å²) in [6.45, 7) is 4.54. The van der Waals surface area contributed by atoms with Gasteiger partial charge in [0.2, 0.25) is 0 Å². The van der Waals surface area contributed by atoms with Crippen LogP contribution in [0.1, 0.15) is 22.8 Å². The van der Waals surface area contributed by atoms with Gasteiger partial charge < -0.3 is 25.7 Å². The molecule has 30 heavy (non-hydrogen) atoms. The molecule has 0 aliphatic rings. The third kappa shape index (κ3) is 5.76. The van der Waals surface area contributed by atoms with Gasteiger partial charge in [-0.2, -0.15) is 0 Å². The number of para-hydroxylation sites is 1. The second-order valence-corrected chi connectivity index (χ2v) is 6.78. The fourth-order valence-electron chi connectivity index (χ4n) is 3.19. The Morgan fingerprint density at radius 2 is 1.90 bits per heavy atom. The van der Waals surface area contributed by atoms with E-state index in [0.29, 0.717) is 30.9 Å². The monoisotopic (exact) mass is 407 g/mol. The molecule has 1 amide bonds. The molecule has 0 aliphatic heterocycles. The maximum absolute atomic E-state index is 12.3. The van der Waals surface area contributed by atoms with Crippen LogP contribution < -0.4 is 20.7 Å². The number of hydrogen-bond donors (Lipinski definition) is 4. The van der Waals surface area contributed by atoms with Gasteiger partial charge in [-0.05, 0) is 43.2 Å². The zero-order chi connectivity index (χ0) is 21.2. The summed E-state index contributed by atoms with van der Waals surface area (Å²) in [5.41, 5.74) is 2.98. The fourth-order valence-corrected chi connectivity index (χ4v) is 3.19. The molecule has 7 nitrogen and oxygen atoms in total. The van der Waals surface area contributed by atoms with Crippen molar-refractivity contribution in [1.82, 2.24) is 20.9 Å². The Balaban J connectivity index is 1.46. The number of aromatic nitrogens is 1. The summed E-state index contributed by atoms with van der Waals surface area (Å²) in [5.74, 6) is 1.28. The van der Waals surface area contributed by atoms with Gasteiger partial charge in [0.15, 0.2) is 5.96 Å². The molecular weight excluding hydrogens is 378 g/mol. The molecule has 3 aromatic rings. The Morgan fingerprint density at radius 3 is 2.73 bits per heavy atom. The van der Waals surface area contributed by atoms with Gasteiger partial charge in [0.25, 0.3) is 5.91 Å². The molecule has 2 aromatic carbocycles. The lowest BCUT2D eigenvalue weighted by Gasteiger charge is -2.12. The molecule has 0 saturated heterocycles. The molecule has 7 heteroatoms. The summed E-state index contributed by atoms with van der Waals surface area (Å²) in [5, 5.41) is 10.6. The zero-order valence-electron chi connectivity index (χ0n) is 17.5. The number of aromatic amines is 1. The molecule has 3 rings (SSSR count). The number of nitrogens with one attached hydrogen (secondary N) is 4. The molecule has 0 radical (unpaired) electrons. The predicted octanol–water partition coefficient (Wildman–Crippen LogP) is 2.70. The molecule has 1 aromatic heterocycles. The average molecular weight is 408 g/mol. The second-order valence-electron chi connectivity index (χ2n) is 6.78. The number of nitrogens with zero attached hydrogens (tertiary/aromatic N) is 1. The fraction of sp³-hybridized carbons (Fsp3) is 0.304. The molecule has 0 aliphatic carbocycles. The van der Waals surface area contributed by atoms with E-state index < -0.39 is 0 Å². The van der Waals surface area contributed by atoms with Crippen LogP contribution in [-0.4, -0.2) is 50.1 Å². The van der Waals surface area contributed by atoms with E-state index in [1.807, 2.05) is 25.1 Å². The predicted molar refractivity (Wildman–Crippen MR) is 121 cm³/mol. The molecule has 0 saturated carbocycles. The summed E-state index contributed by atoms with van der Waals surface area (Å²) in [4.78, 5) is 20.2. The van der Waals surface area contributed by atoms with E-state index in [9.17, 15) is 4.79 Å². The largest absolute Gasteiger partial charge is 0.497 e. The Bertz CT molecular complexity index is 996. The molecule has 0 atom stereocenters. The number of ether oxygens (including phenoxy) is 1. The van der Waals surface area contributed by atoms with Crippen molar-refractivity contribution in [1.29, 1.82) is 0 Å². The van der Waals surface area contributed by atoms with Crippen LogP contribution in [0, 0.1) is 0 Å². The van der Waals surface area contributed by atoms with Gasteiger partial charge in [-0.3, -0.25) is 9.79 Å². The molecule has 4 N–H and O–H groups in total. The van der Waals surface area contributed by atoms with Crippen molar-refractivity contribution in [2.24, 2.45) is 4.99 Å². The molecule has 0 bridgehead atoms. The molecular formula is C23H29N5O2. The van der Waals surface area contributed by atoms with Gasteiger partial charge in [-0.25, -0.2) is 0 Å². The summed E-state index contributed by atoms with van der Waals surface area (Å²) >= 11 is 0. The molecule has 0 fully saturated rings. The van der Waals surface area contributed by atoms with Crippen LogP contribution in [0.2, 0.25) is 0 Å². The Hall–Kier alpha value is -3.48. The second kappa shape index (κ2) is 10.9. The maximum Gasteiger partial charge on any atom is 0.251 e. The minimum Gasteiger partial charge on any atom is -0.497 e. The topological polar surface area (TPSA) is 90.5 Å². The van der Waals surface area contributed by atoms with Crippen molar-refractivity contribution in [3.63, 3.8) is 0 Å². The van der Waals surface area contributed by atoms with E-state index in [1.165, 1.54) is 10.9 Å². The van der Waals surface area contributed by atoms with Gasteiger partial charge >= 0.3 is 0 Å². The number of methoxy groups -OCH3 is 1. The first-order chi connectivity index (χ1) is 14.7. The quantitative estimate of drug-likeness (QED) is 0.249. The summed E-state index contributed by atoms with van der Waals surface area (Å²) < 4.78 is 5.16. The van der Waals surface area contributed by atoms with Gasteiger partial charge in [0, 0.05) is 48.8 Å². The van der Waals surface area contributed by atoms with Crippen LogP contribution in [0.3, 0.4) is 0 Å². The highest BCUT2D eigenvalue weighted by Crippen LogP contribution is 2.18. The van der Waals surface area contributed by atoms with E-state index >= 15 is 0 Å². The van der Waals surface area contributed by atoms with Gasteiger partial charge in [-0.1, -0.05) is 24.3 Å². The summed E-state index contributed by atoms with van der Waals surface area (Å²) in [7, 11) is 1.58. The number of guanidine groups is 1. The van der Waals surface area contributed by atoms with Crippen LogP contribution in [-0.2, 0) is 6.42 Å². The Kier molecular flexibility index (Phi) is 7.71. The van der Waals surface area contributed by atoms with E-state index in [1.54, 1.807) is 25.3 Å². The molecule has 0 unspecified atom stereocenters. The third-order valence-electron chi connectivity index (χ3n) is 4.71. The van der Waals surface area contributed by atoms with E-state index in [-0.39, 0.29) is 5.91 Å². The number of benzene rings is 2. The number of fused-ring (bicyclic) bond motifs is 1. The zero-order valence-corrected chi connectivity index (χ0v) is 17.5. The van der Waals surface area contributed by atoms with Crippen molar-refractivity contribution in [3.05, 3.63) is 65.9 Å². The average Bonchev–Trinajstić information content (AvgIpc) is 3.19. The first-order valence-corrected chi connectivity index (χ1v) is 10.2. The van der Waals surface area contributed by atoms with E-state index in [2.05, 4.69) is 44.3 Å². The molecule has 1 heterocycles. The molecule has 158 valence electrons. The van der Waals surface area contributed by atoms with Gasteiger partial charge in [-0.15, -0.1) is 0 Å². The van der Waals surface area contributed by atoms with Crippen molar-refractivity contribution < 1.29 is 9.53 Å². The Morgan fingerprint density at radius 1 is 1.07 bits per heavy atom. The van der Waals surface area contributed by atoms with Gasteiger partial charge in [0.1, 0.15) is 5.75 Å². The SMILES string of the molecule is CCNC(=NCCc1c[nH]c2ccccc12)NCCNC(=O)c1cccc(OC)c1. The van der Waals surface area contributed by atoms with E-state index in [0.717, 1.165) is 24.4 Å². The van der Waals surface area contributed by atoms with E-state index in [4.69, 9.17) is 4.74 Å². The lowest BCUT2D eigenvalue weighted by Crippen LogP contribution is -2.41. The highest BCUT2D eigenvalue weighted by atomic mass is 16.5. The lowest BCUT2D eigenvalue weighted by atomic mass is 10.1. The summed E-state index contributed by atoms with van der Waals surface area (Å²) in [6, 6.07) is 15.4. The smallest absolute Gasteiger partial charge is 0.251 e. The first kappa shape index (κ1) is 21.2. The number of amides is 1. The maximum atomic E-state index is 12.3. The minimum atomic E-state index is -0.128. The van der Waals surface area contributed by atoms with Crippen LogP contribution in [0.25, 0.3) is 10.9 Å². The third-order valence-corrected chi connectivity index (χ3v) is 4.71. The lowest BCUT2D eigenvalue weighted by molar-refractivity contribution is 0.0954. The van der Waals surface area contributed by atoms with Crippen molar-refractivity contribution in [2.75, 3.05) is 33.3 Å². The minimum absolute atomic E-state index is 0.128. The van der Waals surface area contributed by atoms with Crippen molar-refractivity contribution in [2.45, 2.75) is 13.3 Å². The van der Waals surface area contributed by atoms with Crippen LogP contribution in [0.15, 0.2) is 59.7 Å². The number of carbonyl (C=O) groups excluding carboxylic acids is 1. The number of aliphatic imine (C=N–C) groups is 1. The number of carbonyl (C=O) groups is 1. The molecule has 0 spiro atoms. The van der Waals surface area contributed by atoms with Crippen LogP contribution in [0.4, 0.5) is 0 Å². The summed E-state index contributed by atoms with van der Waals surface area (Å²) in [6.07, 6.45) is 2.90. The number of rotatable bonds is 9. The van der Waals surface area contributed by atoms with Crippen molar-refractivity contribution in [3.8, 4) is 5.75 Å². The van der Waals surface area contributed by atoms with Crippen LogP contribution in [0.5, 0.6) is 5.75 Å². The Labute approximate surface area is 176 Å². The normalized spacial score (nSPS) is 11.3. The van der Waals surface area contributed by atoms with Crippen LogP contribution >= 0.6 is 0 Å².